The highest BCUT2D eigenvalue weighted by Gasteiger charge is 2.25. The van der Waals surface area contributed by atoms with Gasteiger partial charge in [0, 0.05) is 12.2 Å². The van der Waals surface area contributed by atoms with Gasteiger partial charge in [-0.25, -0.2) is 4.68 Å². The summed E-state index contributed by atoms with van der Waals surface area (Å²) in [5.41, 5.74) is 1.96. The van der Waals surface area contributed by atoms with E-state index in [1.807, 2.05) is 12.1 Å². The molecule has 0 unspecified atom stereocenters. The number of esters is 1. The van der Waals surface area contributed by atoms with Crippen LogP contribution in [0.25, 0.3) is 0 Å². The Labute approximate surface area is 141 Å². The standard InChI is InChI=1S/C17H22N4O3/c1-23-16-7-5-15(6-8-16)20(9-13-3-4-13)10-14-11-21(19-18-14)12-17(22)24-2/h5-8,11,13H,3-4,9-10,12H2,1-2H3. The van der Waals surface area contributed by atoms with E-state index in [1.54, 1.807) is 13.3 Å². The van der Waals surface area contributed by atoms with Crippen LogP contribution >= 0.6 is 0 Å². The summed E-state index contributed by atoms with van der Waals surface area (Å²) in [6.07, 6.45) is 4.35. The van der Waals surface area contributed by atoms with Gasteiger partial charge in [0.15, 0.2) is 0 Å². The number of hydrogen-bond donors (Lipinski definition) is 0. The van der Waals surface area contributed by atoms with Crippen LogP contribution in [0.3, 0.4) is 0 Å². The fraction of sp³-hybridized carbons (Fsp3) is 0.471. The van der Waals surface area contributed by atoms with Gasteiger partial charge in [0.25, 0.3) is 0 Å². The number of benzene rings is 1. The van der Waals surface area contributed by atoms with Crippen molar-refractivity contribution in [2.75, 3.05) is 25.7 Å². The number of hydrogen-bond acceptors (Lipinski definition) is 6. The Bertz CT molecular complexity index is 679. The smallest absolute Gasteiger partial charge is 0.327 e. The maximum atomic E-state index is 11.3. The highest BCUT2D eigenvalue weighted by molar-refractivity contribution is 5.68. The summed E-state index contributed by atoms with van der Waals surface area (Å²) in [5, 5.41) is 8.16. The summed E-state index contributed by atoms with van der Waals surface area (Å²) < 4.78 is 11.4. The van der Waals surface area contributed by atoms with Crippen molar-refractivity contribution in [2.45, 2.75) is 25.9 Å². The van der Waals surface area contributed by atoms with Gasteiger partial charge < -0.3 is 14.4 Å². The van der Waals surface area contributed by atoms with Crippen molar-refractivity contribution in [3.63, 3.8) is 0 Å². The van der Waals surface area contributed by atoms with Gasteiger partial charge in [-0.15, -0.1) is 5.10 Å². The Kier molecular flexibility index (Phi) is 4.98. The average Bonchev–Trinajstić information content (AvgIpc) is 3.32. The number of carbonyl (C=O) groups excluding carboxylic acids is 1. The quantitative estimate of drug-likeness (QED) is 0.688. The Morgan fingerprint density at radius 3 is 2.67 bits per heavy atom. The average molecular weight is 330 g/mol. The molecule has 3 rings (SSSR count). The van der Waals surface area contributed by atoms with Crippen LogP contribution in [-0.4, -0.2) is 41.7 Å². The van der Waals surface area contributed by atoms with E-state index in [0.717, 1.165) is 29.6 Å². The molecule has 0 radical (unpaired) electrons. The normalized spacial score (nSPS) is 13.6. The number of methoxy groups -OCH3 is 2. The van der Waals surface area contributed by atoms with Gasteiger partial charge in [0.2, 0.25) is 0 Å². The van der Waals surface area contributed by atoms with Gasteiger partial charge in [0.05, 0.1) is 27.0 Å². The number of carbonyl (C=O) groups is 1. The molecule has 0 bridgehead atoms. The fourth-order valence-electron chi connectivity index (χ4n) is 2.55. The molecule has 7 heteroatoms. The highest BCUT2D eigenvalue weighted by Crippen LogP contribution is 2.32. The second-order valence-corrected chi connectivity index (χ2v) is 6.01. The van der Waals surface area contributed by atoms with E-state index in [1.165, 1.54) is 24.6 Å². The Morgan fingerprint density at radius 2 is 2.04 bits per heavy atom. The molecule has 7 nitrogen and oxygen atoms in total. The molecule has 0 aliphatic heterocycles. The van der Waals surface area contributed by atoms with Gasteiger partial charge in [-0.2, -0.15) is 0 Å². The van der Waals surface area contributed by atoms with E-state index in [2.05, 4.69) is 32.1 Å². The number of ether oxygens (including phenoxy) is 2. The summed E-state index contributed by atoms with van der Waals surface area (Å²) in [6, 6.07) is 8.03. The van der Waals surface area contributed by atoms with Crippen LogP contribution in [0.5, 0.6) is 5.75 Å². The second-order valence-electron chi connectivity index (χ2n) is 6.01. The molecule has 128 valence electrons. The lowest BCUT2D eigenvalue weighted by Crippen LogP contribution is -2.25. The van der Waals surface area contributed by atoms with Crippen molar-refractivity contribution < 1.29 is 14.3 Å². The molecule has 24 heavy (non-hydrogen) atoms. The van der Waals surface area contributed by atoms with Crippen molar-refractivity contribution in [3.8, 4) is 5.75 Å². The summed E-state index contributed by atoms with van der Waals surface area (Å²) in [4.78, 5) is 13.6. The van der Waals surface area contributed by atoms with Crippen LogP contribution in [0, 0.1) is 5.92 Å². The number of anilines is 1. The van der Waals surface area contributed by atoms with E-state index < -0.39 is 0 Å². The minimum absolute atomic E-state index is 0.0780. The van der Waals surface area contributed by atoms with Crippen molar-refractivity contribution in [3.05, 3.63) is 36.2 Å². The van der Waals surface area contributed by atoms with Crippen LogP contribution in [-0.2, 0) is 22.6 Å². The third kappa shape index (κ3) is 4.24. The van der Waals surface area contributed by atoms with Crippen LogP contribution in [0.1, 0.15) is 18.5 Å². The molecule has 1 aromatic heterocycles. The van der Waals surface area contributed by atoms with Gasteiger partial charge in [-0.05, 0) is 43.0 Å². The SMILES string of the molecule is COC(=O)Cn1cc(CN(CC2CC2)c2ccc(OC)cc2)nn1. The lowest BCUT2D eigenvalue weighted by Gasteiger charge is -2.24. The first kappa shape index (κ1) is 16.3. The summed E-state index contributed by atoms with van der Waals surface area (Å²) in [6.45, 7) is 1.73. The largest absolute Gasteiger partial charge is 0.497 e. The first-order valence-corrected chi connectivity index (χ1v) is 8.02. The van der Waals surface area contributed by atoms with Crippen LogP contribution < -0.4 is 9.64 Å². The first-order chi connectivity index (χ1) is 11.7. The van der Waals surface area contributed by atoms with Crippen molar-refractivity contribution >= 4 is 11.7 Å². The third-order valence-electron chi connectivity index (χ3n) is 4.07. The molecule has 2 aromatic rings. The lowest BCUT2D eigenvalue weighted by molar-refractivity contribution is -0.141. The van der Waals surface area contributed by atoms with Crippen LogP contribution in [0.2, 0.25) is 0 Å². The molecule has 1 heterocycles. The Morgan fingerprint density at radius 1 is 1.29 bits per heavy atom. The minimum atomic E-state index is -0.337. The maximum absolute atomic E-state index is 11.3. The molecule has 1 aromatic carbocycles. The topological polar surface area (TPSA) is 69.5 Å². The van der Waals surface area contributed by atoms with E-state index in [-0.39, 0.29) is 12.5 Å². The molecular weight excluding hydrogens is 308 g/mol. The van der Waals surface area contributed by atoms with Gasteiger partial charge in [-0.3, -0.25) is 4.79 Å². The predicted octanol–water partition coefficient (Wildman–Crippen LogP) is 1.88. The van der Waals surface area contributed by atoms with Crippen molar-refractivity contribution in [1.82, 2.24) is 15.0 Å². The molecule has 0 atom stereocenters. The second kappa shape index (κ2) is 7.33. The molecule has 1 aliphatic rings. The zero-order valence-electron chi connectivity index (χ0n) is 14.0. The number of aromatic nitrogens is 3. The predicted molar refractivity (Wildman–Crippen MR) is 88.8 cm³/mol. The van der Waals surface area contributed by atoms with Gasteiger partial charge >= 0.3 is 5.97 Å². The van der Waals surface area contributed by atoms with Crippen LogP contribution in [0.15, 0.2) is 30.5 Å². The molecule has 1 saturated carbocycles. The van der Waals surface area contributed by atoms with E-state index in [9.17, 15) is 4.79 Å². The molecular formula is C17H22N4O3. The van der Waals surface area contributed by atoms with Crippen molar-refractivity contribution in [2.24, 2.45) is 5.92 Å². The number of nitrogens with zero attached hydrogens (tertiary/aromatic N) is 4. The Balaban J connectivity index is 1.70. The van der Waals surface area contributed by atoms with Crippen LogP contribution in [0.4, 0.5) is 5.69 Å². The fourth-order valence-corrected chi connectivity index (χ4v) is 2.55. The molecule has 0 spiro atoms. The first-order valence-electron chi connectivity index (χ1n) is 8.02. The molecule has 0 N–H and O–H groups in total. The Hall–Kier alpha value is -2.57. The molecule has 1 aliphatic carbocycles. The zero-order valence-corrected chi connectivity index (χ0v) is 14.0. The highest BCUT2D eigenvalue weighted by atomic mass is 16.5. The summed E-state index contributed by atoms with van der Waals surface area (Å²) >= 11 is 0. The maximum Gasteiger partial charge on any atom is 0.327 e. The third-order valence-corrected chi connectivity index (χ3v) is 4.07. The van der Waals surface area contributed by atoms with Crippen molar-refractivity contribution in [1.29, 1.82) is 0 Å². The summed E-state index contributed by atoms with van der Waals surface area (Å²) in [7, 11) is 3.03. The molecule has 0 amide bonds. The van der Waals surface area contributed by atoms with E-state index in [0.29, 0.717) is 6.54 Å². The van der Waals surface area contributed by atoms with Gasteiger partial charge in [0.1, 0.15) is 18.0 Å². The van der Waals surface area contributed by atoms with E-state index in [4.69, 9.17) is 4.74 Å². The monoisotopic (exact) mass is 330 g/mol. The number of rotatable bonds is 8. The van der Waals surface area contributed by atoms with Gasteiger partial charge in [-0.1, -0.05) is 5.21 Å². The molecule has 1 fully saturated rings. The zero-order chi connectivity index (χ0) is 16.9. The minimum Gasteiger partial charge on any atom is -0.497 e. The lowest BCUT2D eigenvalue weighted by atomic mass is 10.2. The molecule has 0 saturated heterocycles. The van der Waals surface area contributed by atoms with E-state index >= 15 is 0 Å². The summed E-state index contributed by atoms with van der Waals surface area (Å²) in [5.74, 6) is 1.25.